The maximum Gasteiger partial charge on any atom is 0.252 e. The van der Waals surface area contributed by atoms with E-state index in [0.717, 1.165) is 36.1 Å². The molecule has 1 aromatic carbocycles. The Bertz CT molecular complexity index is 436. The van der Waals surface area contributed by atoms with Crippen molar-refractivity contribution in [1.82, 2.24) is 5.32 Å². The first-order valence-electron chi connectivity index (χ1n) is 6.81. The van der Waals surface area contributed by atoms with E-state index in [-0.39, 0.29) is 24.5 Å². The van der Waals surface area contributed by atoms with Crippen LogP contribution in [0.25, 0.3) is 0 Å². The fourth-order valence-electron chi connectivity index (χ4n) is 2.69. The fourth-order valence-corrected chi connectivity index (χ4v) is 3.29. The van der Waals surface area contributed by atoms with Gasteiger partial charge in [-0.1, -0.05) is 25.0 Å². The predicted octanol–water partition coefficient (Wildman–Crippen LogP) is 2.69. The third-order valence-electron chi connectivity index (χ3n) is 3.81. The van der Waals surface area contributed by atoms with E-state index in [9.17, 15) is 9.90 Å². The van der Waals surface area contributed by atoms with Crippen molar-refractivity contribution in [3.8, 4) is 0 Å². The van der Waals surface area contributed by atoms with Crippen LogP contribution in [0, 0.1) is 5.92 Å². The van der Waals surface area contributed by atoms with Gasteiger partial charge >= 0.3 is 0 Å². The molecule has 0 radical (unpaired) electrons. The number of aliphatic hydroxyl groups excluding tert-OH is 1. The van der Waals surface area contributed by atoms with Crippen molar-refractivity contribution in [3.63, 3.8) is 0 Å². The van der Waals surface area contributed by atoms with Crippen molar-refractivity contribution in [2.45, 2.75) is 36.6 Å². The zero-order valence-electron chi connectivity index (χ0n) is 11.3. The van der Waals surface area contributed by atoms with Crippen molar-refractivity contribution in [2.75, 3.05) is 12.9 Å². The summed E-state index contributed by atoms with van der Waals surface area (Å²) in [6, 6.07) is 7.77. The van der Waals surface area contributed by atoms with Crippen LogP contribution in [0.4, 0.5) is 0 Å². The maximum absolute atomic E-state index is 12.3. The normalized spacial score (nSPS) is 23.1. The summed E-state index contributed by atoms with van der Waals surface area (Å²) in [6.07, 6.45) is 6.23. The van der Waals surface area contributed by atoms with Crippen LogP contribution in [-0.4, -0.2) is 29.9 Å². The van der Waals surface area contributed by atoms with E-state index in [2.05, 4.69) is 5.32 Å². The van der Waals surface area contributed by atoms with E-state index in [1.54, 1.807) is 11.8 Å². The Kier molecular flexibility index (Phi) is 5.28. The lowest BCUT2D eigenvalue weighted by Crippen LogP contribution is -2.43. The van der Waals surface area contributed by atoms with Gasteiger partial charge in [0.2, 0.25) is 0 Å². The van der Waals surface area contributed by atoms with E-state index in [0.29, 0.717) is 0 Å². The first kappa shape index (κ1) is 14.4. The average molecular weight is 279 g/mol. The first-order chi connectivity index (χ1) is 9.26. The van der Waals surface area contributed by atoms with Crippen LogP contribution in [0.3, 0.4) is 0 Å². The molecule has 1 aliphatic rings. The molecule has 0 bridgehead atoms. The van der Waals surface area contributed by atoms with Crippen LogP contribution >= 0.6 is 11.8 Å². The minimum absolute atomic E-state index is 0.0182. The summed E-state index contributed by atoms with van der Waals surface area (Å²) in [6.45, 7) is 0.162. The number of aliphatic hydroxyl groups is 1. The maximum atomic E-state index is 12.3. The van der Waals surface area contributed by atoms with Crippen molar-refractivity contribution >= 4 is 17.7 Å². The second-order valence-electron chi connectivity index (χ2n) is 5.01. The molecule has 4 heteroatoms. The summed E-state index contributed by atoms with van der Waals surface area (Å²) < 4.78 is 0. The van der Waals surface area contributed by atoms with Gasteiger partial charge in [0.1, 0.15) is 0 Å². The highest BCUT2D eigenvalue weighted by Gasteiger charge is 2.26. The number of hydrogen-bond acceptors (Lipinski definition) is 3. The van der Waals surface area contributed by atoms with Gasteiger partial charge in [-0.15, -0.1) is 11.8 Å². The Balaban J connectivity index is 2.07. The van der Waals surface area contributed by atoms with E-state index < -0.39 is 0 Å². The summed E-state index contributed by atoms with van der Waals surface area (Å²) in [5, 5.41) is 12.5. The molecular weight excluding hydrogens is 258 g/mol. The molecule has 104 valence electrons. The van der Waals surface area contributed by atoms with Gasteiger partial charge in [0.05, 0.1) is 5.56 Å². The van der Waals surface area contributed by atoms with E-state index in [1.807, 2.05) is 30.5 Å². The molecule has 0 aromatic heterocycles. The van der Waals surface area contributed by atoms with Gasteiger partial charge < -0.3 is 10.4 Å². The molecule has 2 rings (SSSR count). The molecule has 2 N–H and O–H groups in total. The molecular formula is C15H21NO2S. The zero-order chi connectivity index (χ0) is 13.7. The monoisotopic (exact) mass is 279 g/mol. The average Bonchev–Trinajstić information content (AvgIpc) is 2.47. The first-order valence-corrected chi connectivity index (χ1v) is 8.03. The van der Waals surface area contributed by atoms with Gasteiger partial charge in [-0.2, -0.15) is 0 Å². The highest BCUT2D eigenvalue weighted by molar-refractivity contribution is 7.98. The highest BCUT2D eigenvalue weighted by atomic mass is 32.2. The van der Waals surface area contributed by atoms with E-state index >= 15 is 0 Å². The molecule has 0 heterocycles. The largest absolute Gasteiger partial charge is 0.396 e. The molecule has 1 saturated carbocycles. The number of carbonyl (C=O) groups is 1. The number of rotatable bonds is 4. The topological polar surface area (TPSA) is 49.3 Å². The van der Waals surface area contributed by atoms with Gasteiger partial charge in [0.25, 0.3) is 5.91 Å². The summed E-state index contributed by atoms with van der Waals surface area (Å²) in [7, 11) is 0. The Hall–Kier alpha value is -1.00. The minimum atomic E-state index is -0.0182. The van der Waals surface area contributed by atoms with Crippen LogP contribution in [-0.2, 0) is 0 Å². The summed E-state index contributed by atoms with van der Waals surface area (Å²) >= 11 is 1.58. The molecule has 1 aromatic rings. The Labute approximate surface area is 118 Å². The molecule has 1 fully saturated rings. The number of nitrogens with one attached hydrogen (secondary N) is 1. The number of carbonyl (C=O) groups excluding carboxylic acids is 1. The number of hydrogen-bond donors (Lipinski definition) is 2. The number of benzene rings is 1. The van der Waals surface area contributed by atoms with Gasteiger partial charge in [-0.25, -0.2) is 0 Å². The Morgan fingerprint density at radius 2 is 2.11 bits per heavy atom. The second-order valence-corrected chi connectivity index (χ2v) is 5.86. The molecule has 0 saturated heterocycles. The summed E-state index contributed by atoms with van der Waals surface area (Å²) in [4.78, 5) is 13.3. The lowest BCUT2D eigenvalue weighted by Gasteiger charge is -2.31. The molecule has 3 nitrogen and oxygen atoms in total. The Morgan fingerprint density at radius 1 is 1.37 bits per heavy atom. The SMILES string of the molecule is CSc1ccccc1C(=O)NC1CCCCC1CO. The summed E-state index contributed by atoms with van der Waals surface area (Å²) in [5.74, 6) is 0.189. The summed E-state index contributed by atoms with van der Waals surface area (Å²) in [5.41, 5.74) is 0.734. The van der Waals surface area contributed by atoms with Crippen molar-refractivity contribution < 1.29 is 9.90 Å². The van der Waals surface area contributed by atoms with Gasteiger partial charge in [-0.3, -0.25) is 4.79 Å². The van der Waals surface area contributed by atoms with Crippen molar-refractivity contribution in [1.29, 1.82) is 0 Å². The lowest BCUT2D eigenvalue weighted by atomic mass is 9.85. The molecule has 1 amide bonds. The fraction of sp³-hybridized carbons (Fsp3) is 0.533. The van der Waals surface area contributed by atoms with Gasteiger partial charge in [0, 0.05) is 23.5 Å². The predicted molar refractivity (Wildman–Crippen MR) is 78.5 cm³/mol. The standard InChI is InChI=1S/C15H21NO2S/c1-19-14-9-5-3-7-12(14)15(18)16-13-8-4-2-6-11(13)10-17/h3,5,7,9,11,13,17H,2,4,6,8,10H2,1H3,(H,16,18). The smallest absolute Gasteiger partial charge is 0.252 e. The molecule has 2 unspecified atom stereocenters. The number of amides is 1. The van der Waals surface area contributed by atoms with Crippen LogP contribution in [0.15, 0.2) is 29.2 Å². The molecule has 2 atom stereocenters. The molecule has 19 heavy (non-hydrogen) atoms. The second kappa shape index (κ2) is 6.96. The molecule has 1 aliphatic carbocycles. The zero-order valence-corrected chi connectivity index (χ0v) is 12.1. The van der Waals surface area contributed by atoms with Gasteiger partial charge in [-0.05, 0) is 31.2 Å². The Morgan fingerprint density at radius 3 is 2.84 bits per heavy atom. The third-order valence-corrected chi connectivity index (χ3v) is 4.61. The van der Waals surface area contributed by atoms with Crippen LogP contribution in [0.5, 0.6) is 0 Å². The molecule has 0 spiro atoms. The minimum Gasteiger partial charge on any atom is -0.396 e. The van der Waals surface area contributed by atoms with Crippen molar-refractivity contribution in [2.24, 2.45) is 5.92 Å². The van der Waals surface area contributed by atoms with E-state index in [1.165, 1.54) is 0 Å². The van der Waals surface area contributed by atoms with E-state index in [4.69, 9.17) is 0 Å². The lowest BCUT2D eigenvalue weighted by molar-refractivity contribution is 0.0869. The highest BCUT2D eigenvalue weighted by Crippen LogP contribution is 2.25. The molecule has 0 aliphatic heterocycles. The number of thioether (sulfide) groups is 1. The third kappa shape index (κ3) is 3.51. The van der Waals surface area contributed by atoms with Crippen LogP contribution in [0.2, 0.25) is 0 Å². The van der Waals surface area contributed by atoms with Gasteiger partial charge in [0.15, 0.2) is 0 Å². The quantitative estimate of drug-likeness (QED) is 0.833. The van der Waals surface area contributed by atoms with Crippen LogP contribution in [0.1, 0.15) is 36.0 Å². The van der Waals surface area contributed by atoms with Crippen LogP contribution < -0.4 is 5.32 Å². The van der Waals surface area contributed by atoms with Crippen molar-refractivity contribution in [3.05, 3.63) is 29.8 Å².